The van der Waals surface area contributed by atoms with Crippen LogP contribution in [-0.2, 0) is 26.2 Å². The topological polar surface area (TPSA) is 175 Å². The Labute approximate surface area is 258 Å². The van der Waals surface area contributed by atoms with Crippen LogP contribution in [0.4, 0.5) is 0 Å². The second kappa shape index (κ2) is 15.7. The molecule has 1 aromatic heterocycles. The third-order valence-electron chi connectivity index (χ3n) is 7.11. The van der Waals surface area contributed by atoms with E-state index in [-0.39, 0.29) is 31.1 Å². The standard InChI is InChI=1S/C31H42N6O6S/c1-21(2)16-17-37(44(42,43)36(3)4)20-28(38)26(18-22-10-6-5-7-11-22)34-29(39)19-27(30(32)40)35-31(41)25-15-14-23-12-8-9-13-24(23)33-25/h5-15,21,26-28,38H,16-20H2,1-4H3,(H2,32,40)(H,34,39)(H,35,41)/t26?,27-,28+/m0/s1. The van der Waals surface area contributed by atoms with Crippen LogP contribution in [-0.4, -0.2) is 90.2 Å². The minimum atomic E-state index is -3.87. The van der Waals surface area contributed by atoms with Crippen molar-refractivity contribution in [2.24, 2.45) is 11.7 Å². The molecule has 0 radical (unpaired) electrons. The van der Waals surface area contributed by atoms with Gasteiger partial charge in [0.2, 0.25) is 11.8 Å². The number of hydrogen-bond donors (Lipinski definition) is 4. The maximum absolute atomic E-state index is 13.2. The van der Waals surface area contributed by atoms with Crippen molar-refractivity contribution in [1.82, 2.24) is 24.2 Å². The van der Waals surface area contributed by atoms with Crippen molar-refractivity contribution in [2.45, 2.75) is 51.3 Å². The lowest BCUT2D eigenvalue weighted by atomic mass is 10.00. The van der Waals surface area contributed by atoms with E-state index in [1.807, 2.05) is 56.3 Å². The molecule has 0 spiro atoms. The first-order chi connectivity index (χ1) is 20.8. The van der Waals surface area contributed by atoms with Crippen molar-refractivity contribution in [3.8, 4) is 0 Å². The molecule has 2 aromatic carbocycles. The molecule has 44 heavy (non-hydrogen) atoms. The number of benzene rings is 2. The Kier molecular flexibility index (Phi) is 12.3. The number of fused-ring (bicyclic) bond motifs is 1. The Balaban J connectivity index is 1.77. The molecule has 0 aliphatic rings. The Morgan fingerprint density at radius 3 is 2.25 bits per heavy atom. The number of nitrogens with two attached hydrogens (primary N) is 1. The molecule has 0 saturated carbocycles. The quantitative estimate of drug-likeness (QED) is 0.186. The van der Waals surface area contributed by atoms with E-state index in [2.05, 4.69) is 15.6 Å². The third kappa shape index (κ3) is 9.81. The summed E-state index contributed by atoms with van der Waals surface area (Å²) in [6.45, 7) is 3.85. The first kappa shape index (κ1) is 34.6. The SMILES string of the molecule is CC(C)CCN(C[C@@H](O)C(Cc1ccccc1)NC(=O)C[C@H](NC(=O)c1ccc2ccccc2n1)C(N)=O)S(=O)(=O)N(C)C. The van der Waals surface area contributed by atoms with Crippen LogP contribution in [0.1, 0.15) is 42.7 Å². The second-order valence-electron chi connectivity index (χ2n) is 11.3. The summed E-state index contributed by atoms with van der Waals surface area (Å²) in [5.74, 6) is -2.04. The molecule has 3 amide bonds. The number of hydrogen-bond acceptors (Lipinski definition) is 7. The van der Waals surface area contributed by atoms with Gasteiger partial charge in [-0.15, -0.1) is 0 Å². The Hall–Kier alpha value is -3.91. The highest BCUT2D eigenvalue weighted by molar-refractivity contribution is 7.86. The monoisotopic (exact) mass is 626 g/mol. The number of rotatable bonds is 16. The molecule has 5 N–H and O–H groups in total. The third-order valence-corrected chi connectivity index (χ3v) is 9.02. The zero-order chi connectivity index (χ0) is 32.4. The number of primary amides is 1. The number of para-hydroxylation sites is 1. The first-order valence-electron chi connectivity index (χ1n) is 14.4. The van der Waals surface area contributed by atoms with E-state index in [0.717, 1.165) is 15.3 Å². The van der Waals surface area contributed by atoms with Gasteiger partial charge in [0.25, 0.3) is 16.1 Å². The number of aliphatic hydroxyl groups excluding tert-OH is 1. The molecule has 3 atom stereocenters. The van der Waals surface area contributed by atoms with E-state index in [1.54, 1.807) is 18.2 Å². The van der Waals surface area contributed by atoms with Crippen molar-refractivity contribution >= 4 is 38.8 Å². The van der Waals surface area contributed by atoms with Crippen LogP contribution in [0.5, 0.6) is 0 Å². The number of amides is 3. The molecule has 0 bridgehead atoms. The lowest BCUT2D eigenvalue weighted by Gasteiger charge is -2.31. The highest BCUT2D eigenvalue weighted by atomic mass is 32.2. The molecule has 1 unspecified atom stereocenters. The molecule has 238 valence electrons. The minimum absolute atomic E-state index is 0.0522. The van der Waals surface area contributed by atoms with Gasteiger partial charge in [0, 0.05) is 32.6 Å². The maximum Gasteiger partial charge on any atom is 0.281 e. The molecule has 0 aliphatic carbocycles. The van der Waals surface area contributed by atoms with E-state index < -0.39 is 52.5 Å². The van der Waals surface area contributed by atoms with Crippen LogP contribution in [0, 0.1) is 5.92 Å². The zero-order valence-corrected chi connectivity index (χ0v) is 26.3. The minimum Gasteiger partial charge on any atom is -0.390 e. The van der Waals surface area contributed by atoms with Crippen molar-refractivity contribution in [1.29, 1.82) is 0 Å². The average molecular weight is 627 g/mol. The number of nitrogens with one attached hydrogen (secondary N) is 2. The zero-order valence-electron chi connectivity index (χ0n) is 25.5. The fourth-order valence-electron chi connectivity index (χ4n) is 4.52. The largest absolute Gasteiger partial charge is 0.390 e. The smallest absolute Gasteiger partial charge is 0.281 e. The van der Waals surface area contributed by atoms with Crippen LogP contribution in [0.15, 0.2) is 66.7 Å². The van der Waals surface area contributed by atoms with Gasteiger partial charge in [-0.2, -0.15) is 17.0 Å². The summed E-state index contributed by atoms with van der Waals surface area (Å²) in [4.78, 5) is 42.7. The molecule has 3 rings (SSSR count). The molecule has 13 heteroatoms. The summed E-state index contributed by atoms with van der Waals surface area (Å²) in [5.41, 5.74) is 6.97. The van der Waals surface area contributed by atoms with Gasteiger partial charge in [0.05, 0.1) is 24.1 Å². The predicted molar refractivity (Wildman–Crippen MR) is 169 cm³/mol. The van der Waals surface area contributed by atoms with Gasteiger partial charge >= 0.3 is 0 Å². The van der Waals surface area contributed by atoms with Crippen molar-refractivity contribution in [2.75, 3.05) is 27.2 Å². The van der Waals surface area contributed by atoms with Gasteiger partial charge in [-0.1, -0.05) is 68.4 Å². The summed E-state index contributed by atoms with van der Waals surface area (Å²) in [5, 5.41) is 17.4. The van der Waals surface area contributed by atoms with Crippen LogP contribution >= 0.6 is 0 Å². The van der Waals surface area contributed by atoms with Gasteiger partial charge in [-0.25, -0.2) is 4.98 Å². The Bertz CT molecular complexity index is 1530. The molecule has 0 aliphatic heterocycles. The molecule has 12 nitrogen and oxygen atoms in total. The van der Waals surface area contributed by atoms with Crippen LogP contribution in [0.3, 0.4) is 0 Å². The summed E-state index contributed by atoms with van der Waals surface area (Å²) in [6, 6.07) is 17.3. The number of nitrogens with zero attached hydrogens (tertiary/aromatic N) is 3. The fourth-order valence-corrected chi connectivity index (χ4v) is 5.66. The highest BCUT2D eigenvalue weighted by Gasteiger charge is 2.32. The number of carbonyl (C=O) groups is 3. The van der Waals surface area contributed by atoms with E-state index in [0.29, 0.717) is 11.9 Å². The summed E-state index contributed by atoms with van der Waals surface area (Å²) in [6.07, 6.45) is -1.05. The average Bonchev–Trinajstić information content (AvgIpc) is 2.98. The molecule has 1 heterocycles. The predicted octanol–water partition coefficient (Wildman–Crippen LogP) is 1.45. The van der Waals surface area contributed by atoms with Gasteiger partial charge in [0.15, 0.2) is 0 Å². The van der Waals surface area contributed by atoms with Gasteiger partial charge in [0.1, 0.15) is 11.7 Å². The van der Waals surface area contributed by atoms with E-state index in [4.69, 9.17) is 5.73 Å². The fraction of sp³-hybridized carbons (Fsp3) is 0.419. The maximum atomic E-state index is 13.2. The lowest BCUT2D eigenvalue weighted by molar-refractivity contribution is -0.127. The summed E-state index contributed by atoms with van der Waals surface area (Å²) < 4.78 is 28.4. The molecule has 3 aromatic rings. The summed E-state index contributed by atoms with van der Waals surface area (Å²) >= 11 is 0. The van der Waals surface area contributed by atoms with E-state index in [9.17, 15) is 27.9 Å². The van der Waals surface area contributed by atoms with Crippen LogP contribution in [0.25, 0.3) is 10.9 Å². The highest BCUT2D eigenvalue weighted by Crippen LogP contribution is 2.15. The molecular formula is C31H42N6O6S. The molecule has 0 fully saturated rings. The first-order valence-corrected chi connectivity index (χ1v) is 15.8. The lowest BCUT2D eigenvalue weighted by Crippen LogP contribution is -2.54. The van der Waals surface area contributed by atoms with Crippen LogP contribution in [0.2, 0.25) is 0 Å². The van der Waals surface area contributed by atoms with Crippen molar-refractivity contribution in [3.63, 3.8) is 0 Å². The molecular weight excluding hydrogens is 584 g/mol. The number of pyridine rings is 1. The summed E-state index contributed by atoms with van der Waals surface area (Å²) in [7, 11) is -1.04. The normalized spacial score (nSPS) is 14.0. The number of carbonyl (C=O) groups excluding carboxylic acids is 3. The van der Waals surface area contributed by atoms with Gasteiger partial charge < -0.3 is 21.5 Å². The van der Waals surface area contributed by atoms with Crippen molar-refractivity contribution < 1.29 is 27.9 Å². The van der Waals surface area contributed by atoms with E-state index >= 15 is 0 Å². The molecule has 0 saturated heterocycles. The second-order valence-corrected chi connectivity index (χ2v) is 13.4. The van der Waals surface area contributed by atoms with Gasteiger partial charge in [-0.3, -0.25) is 14.4 Å². The Morgan fingerprint density at radius 2 is 1.61 bits per heavy atom. The van der Waals surface area contributed by atoms with Crippen LogP contribution < -0.4 is 16.4 Å². The van der Waals surface area contributed by atoms with E-state index in [1.165, 1.54) is 24.5 Å². The Morgan fingerprint density at radius 1 is 0.955 bits per heavy atom. The van der Waals surface area contributed by atoms with Gasteiger partial charge in [-0.05, 0) is 36.5 Å². The number of aliphatic hydroxyl groups is 1. The number of aromatic nitrogens is 1. The van der Waals surface area contributed by atoms with Crippen molar-refractivity contribution in [3.05, 3.63) is 78.0 Å².